The van der Waals surface area contributed by atoms with E-state index < -0.39 is 11.6 Å². The van der Waals surface area contributed by atoms with Gasteiger partial charge in [-0.05, 0) is 19.4 Å². The van der Waals surface area contributed by atoms with Gasteiger partial charge in [-0.2, -0.15) is 0 Å². The zero-order valence-electron chi connectivity index (χ0n) is 9.72. The molecule has 92 valence electrons. The molecule has 2 N–H and O–H groups in total. The van der Waals surface area contributed by atoms with E-state index in [-0.39, 0.29) is 11.3 Å². The zero-order chi connectivity index (χ0) is 12.7. The molecule has 0 aliphatic heterocycles. The largest absolute Gasteiger partial charge is 0.497 e. The van der Waals surface area contributed by atoms with Gasteiger partial charge < -0.3 is 10.5 Å². The Labute approximate surface area is 99.8 Å². The Morgan fingerprint density at radius 3 is 2.41 bits per heavy atom. The molecule has 17 heavy (non-hydrogen) atoms. The average Bonchev–Trinajstić information content (AvgIpc) is 2.31. The minimum Gasteiger partial charge on any atom is -0.497 e. The molecule has 0 aliphatic rings. The molecule has 0 heterocycles. The molecule has 0 saturated carbocycles. The van der Waals surface area contributed by atoms with Crippen LogP contribution in [0.5, 0.6) is 5.75 Å². The van der Waals surface area contributed by atoms with Crippen molar-refractivity contribution in [2.75, 3.05) is 13.7 Å². The molecule has 0 fully saturated rings. The van der Waals surface area contributed by atoms with E-state index in [2.05, 4.69) is 11.8 Å². The summed E-state index contributed by atoms with van der Waals surface area (Å²) in [7, 11) is 1.35. The third kappa shape index (κ3) is 4.04. The van der Waals surface area contributed by atoms with Gasteiger partial charge in [-0.3, -0.25) is 0 Å². The van der Waals surface area contributed by atoms with Crippen LogP contribution in [0.1, 0.15) is 24.8 Å². The Balaban J connectivity index is 2.77. The van der Waals surface area contributed by atoms with E-state index in [9.17, 15) is 8.78 Å². The van der Waals surface area contributed by atoms with Gasteiger partial charge in [0.15, 0.2) is 0 Å². The van der Waals surface area contributed by atoms with Crippen molar-refractivity contribution in [3.8, 4) is 17.6 Å². The van der Waals surface area contributed by atoms with Crippen molar-refractivity contribution in [2.24, 2.45) is 5.73 Å². The number of hydrogen-bond acceptors (Lipinski definition) is 2. The van der Waals surface area contributed by atoms with Crippen LogP contribution in [-0.2, 0) is 0 Å². The van der Waals surface area contributed by atoms with E-state index in [0.717, 1.165) is 25.0 Å². The van der Waals surface area contributed by atoms with Crippen molar-refractivity contribution < 1.29 is 13.5 Å². The predicted molar refractivity (Wildman–Crippen MR) is 62.7 cm³/mol. The Kier molecular flexibility index (Phi) is 5.44. The molecule has 1 aromatic rings. The molecule has 0 atom stereocenters. The molecule has 0 aliphatic carbocycles. The molecule has 0 unspecified atom stereocenters. The van der Waals surface area contributed by atoms with Crippen LogP contribution in [-0.4, -0.2) is 13.7 Å². The van der Waals surface area contributed by atoms with Gasteiger partial charge in [0.1, 0.15) is 17.4 Å². The highest BCUT2D eigenvalue weighted by molar-refractivity contribution is 5.41. The summed E-state index contributed by atoms with van der Waals surface area (Å²) in [4.78, 5) is 0. The summed E-state index contributed by atoms with van der Waals surface area (Å²) in [6, 6.07) is 2.24. The first-order valence-corrected chi connectivity index (χ1v) is 5.41. The lowest BCUT2D eigenvalue weighted by atomic mass is 10.1. The summed E-state index contributed by atoms with van der Waals surface area (Å²) in [5.41, 5.74) is 5.11. The first-order valence-electron chi connectivity index (χ1n) is 5.41. The van der Waals surface area contributed by atoms with Gasteiger partial charge in [0.2, 0.25) is 0 Å². The maximum Gasteiger partial charge on any atom is 0.145 e. The molecule has 0 aromatic heterocycles. The minimum atomic E-state index is -0.701. The van der Waals surface area contributed by atoms with E-state index in [1.165, 1.54) is 7.11 Å². The summed E-state index contributed by atoms with van der Waals surface area (Å²) in [5.74, 6) is 3.97. The van der Waals surface area contributed by atoms with Crippen LogP contribution in [0.25, 0.3) is 0 Å². The predicted octanol–water partition coefficient (Wildman–Crippen LogP) is 2.45. The highest BCUT2D eigenvalue weighted by Gasteiger charge is 2.08. The smallest absolute Gasteiger partial charge is 0.145 e. The molecule has 0 amide bonds. The molecule has 1 rings (SSSR count). The molecule has 0 bridgehead atoms. The Hall–Kier alpha value is -1.60. The standard InChI is InChI=1S/C13H15F2NO/c1-17-10-8-12(14)11(13(15)9-10)6-4-2-3-5-7-16/h8-9H,2-3,5,7,16H2,1H3. The van der Waals surface area contributed by atoms with Crippen LogP contribution >= 0.6 is 0 Å². The average molecular weight is 239 g/mol. The molecule has 0 spiro atoms. The van der Waals surface area contributed by atoms with Gasteiger partial charge in [-0.15, -0.1) is 0 Å². The number of methoxy groups -OCH3 is 1. The Morgan fingerprint density at radius 1 is 1.24 bits per heavy atom. The first-order chi connectivity index (χ1) is 8.19. The minimum absolute atomic E-state index is 0.147. The number of hydrogen-bond donors (Lipinski definition) is 1. The van der Waals surface area contributed by atoms with Crippen molar-refractivity contribution in [3.05, 3.63) is 29.3 Å². The van der Waals surface area contributed by atoms with E-state index in [0.29, 0.717) is 13.0 Å². The van der Waals surface area contributed by atoms with Gasteiger partial charge in [-0.1, -0.05) is 11.8 Å². The summed E-state index contributed by atoms with van der Waals surface area (Å²) >= 11 is 0. The number of rotatable bonds is 4. The lowest BCUT2D eigenvalue weighted by Crippen LogP contribution is -1.97. The summed E-state index contributed by atoms with van der Waals surface area (Å²) in [6.07, 6.45) is 2.28. The lowest BCUT2D eigenvalue weighted by Gasteiger charge is -2.02. The third-order valence-electron chi connectivity index (χ3n) is 2.22. The van der Waals surface area contributed by atoms with Crippen molar-refractivity contribution >= 4 is 0 Å². The maximum atomic E-state index is 13.4. The molecule has 4 heteroatoms. The second-order valence-electron chi connectivity index (χ2n) is 3.51. The van der Waals surface area contributed by atoms with Gasteiger partial charge in [0.25, 0.3) is 0 Å². The van der Waals surface area contributed by atoms with Crippen LogP contribution in [0.15, 0.2) is 12.1 Å². The van der Waals surface area contributed by atoms with Crippen molar-refractivity contribution in [1.29, 1.82) is 0 Å². The fourth-order valence-electron chi connectivity index (χ4n) is 1.30. The van der Waals surface area contributed by atoms with E-state index in [4.69, 9.17) is 10.5 Å². The van der Waals surface area contributed by atoms with Gasteiger partial charge in [0, 0.05) is 18.6 Å². The lowest BCUT2D eigenvalue weighted by molar-refractivity contribution is 0.406. The van der Waals surface area contributed by atoms with Crippen LogP contribution in [0.2, 0.25) is 0 Å². The van der Waals surface area contributed by atoms with Gasteiger partial charge in [0.05, 0.1) is 12.7 Å². The van der Waals surface area contributed by atoms with E-state index in [1.54, 1.807) is 0 Å². The van der Waals surface area contributed by atoms with Crippen LogP contribution in [0, 0.1) is 23.5 Å². The highest BCUT2D eigenvalue weighted by atomic mass is 19.1. The van der Waals surface area contributed by atoms with Gasteiger partial charge in [-0.25, -0.2) is 8.78 Å². The summed E-state index contributed by atoms with van der Waals surface area (Å²) in [5, 5.41) is 0. The molecular formula is C13H15F2NO. The van der Waals surface area contributed by atoms with Crippen molar-refractivity contribution in [2.45, 2.75) is 19.3 Å². The second-order valence-corrected chi connectivity index (χ2v) is 3.51. The van der Waals surface area contributed by atoms with Gasteiger partial charge >= 0.3 is 0 Å². The van der Waals surface area contributed by atoms with E-state index in [1.807, 2.05) is 0 Å². The Morgan fingerprint density at radius 2 is 1.88 bits per heavy atom. The number of unbranched alkanes of at least 4 members (excludes halogenated alkanes) is 2. The zero-order valence-corrected chi connectivity index (χ0v) is 9.72. The number of ether oxygens (including phenoxy) is 1. The summed E-state index contributed by atoms with van der Waals surface area (Å²) < 4.78 is 31.6. The number of benzene rings is 1. The molecule has 1 aromatic carbocycles. The van der Waals surface area contributed by atoms with Crippen LogP contribution < -0.4 is 10.5 Å². The van der Waals surface area contributed by atoms with Crippen molar-refractivity contribution in [1.82, 2.24) is 0 Å². The molecule has 0 saturated heterocycles. The highest BCUT2D eigenvalue weighted by Crippen LogP contribution is 2.19. The van der Waals surface area contributed by atoms with Crippen LogP contribution in [0.4, 0.5) is 8.78 Å². The third-order valence-corrected chi connectivity index (χ3v) is 2.22. The normalized spacial score (nSPS) is 9.65. The quantitative estimate of drug-likeness (QED) is 0.647. The number of nitrogens with two attached hydrogens (primary N) is 1. The molecular weight excluding hydrogens is 224 g/mol. The van der Waals surface area contributed by atoms with Crippen molar-refractivity contribution in [3.63, 3.8) is 0 Å². The second kappa shape index (κ2) is 6.87. The first kappa shape index (κ1) is 13.5. The van der Waals surface area contributed by atoms with Crippen LogP contribution in [0.3, 0.4) is 0 Å². The summed E-state index contributed by atoms with van der Waals surface area (Å²) in [6.45, 7) is 0.604. The monoisotopic (exact) mass is 239 g/mol. The molecule has 2 nitrogen and oxygen atoms in total. The SMILES string of the molecule is COc1cc(F)c(C#CCCCCN)c(F)c1. The fraction of sp³-hybridized carbons (Fsp3) is 0.385. The maximum absolute atomic E-state index is 13.4. The Bertz CT molecular complexity index is 412. The topological polar surface area (TPSA) is 35.2 Å². The number of halogens is 2. The molecule has 0 radical (unpaired) electrons. The van der Waals surface area contributed by atoms with E-state index >= 15 is 0 Å². The fourth-order valence-corrected chi connectivity index (χ4v) is 1.30.